The lowest BCUT2D eigenvalue weighted by atomic mass is 10.1. The molecule has 0 saturated carbocycles. The summed E-state index contributed by atoms with van der Waals surface area (Å²) < 4.78 is 15.7. The largest absolute Gasteiger partial charge is 0.454 e. The summed E-state index contributed by atoms with van der Waals surface area (Å²) in [4.78, 5) is 22.8. The van der Waals surface area contributed by atoms with Crippen molar-refractivity contribution in [2.24, 2.45) is 0 Å². The molecule has 0 spiro atoms. The number of nitro groups is 1. The molecule has 1 N–H and O–H groups in total. The molecule has 0 bridgehead atoms. The van der Waals surface area contributed by atoms with Crippen LogP contribution in [0.15, 0.2) is 12.1 Å². The number of carbonyl (C=O) groups is 1. The van der Waals surface area contributed by atoms with Gasteiger partial charge in [0, 0.05) is 17.5 Å². The van der Waals surface area contributed by atoms with Crippen molar-refractivity contribution in [3.05, 3.63) is 27.8 Å². The Labute approximate surface area is 165 Å². The topological polar surface area (TPSA) is 99.9 Å². The van der Waals surface area contributed by atoms with Gasteiger partial charge in [-0.3, -0.25) is 10.1 Å². The van der Waals surface area contributed by atoms with Gasteiger partial charge in [0.25, 0.3) is 5.69 Å². The number of hydrogen-bond acceptors (Lipinski definition) is 8. The zero-order valence-electron chi connectivity index (χ0n) is 15.0. The number of benzene rings is 1. The van der Waals surface area contributed by atoms with E-state index in [2.05, 4.69) is 5.32 Å². The number of fused-ring (bicyclic) bond motifs is 1. The zero-order chi connectivity index (χ0) is 19.2. The van der Waals surface area contributed by atoms with Crippen LogP contribution in [-0.4, -0.2) is 35.4 Å². The summed E-state index contributed by atoms with van der Waals surface area (Å²) in [6, 6.07) is 2.80. The van der Waals surface area contributed by atoms with Crippen molar-refractivity contribution in [1.29, 1.82) is 0 Å². The Morgan fingerprint density at radius 1 is 1.41 bits per heavy atom. The normalized spacial score (nSPS) is 18.9. The molecule has 2 aliphatic rings. The lowest BCUT2D eigenvalue weighted by Gasteiger charge is -2.15. The number of unbranched alkanes of at least 4 members (excludes halogenated alkanes) is 1. The molecule has 2 aliphatic heterocycles. The van der Waals surface area contributed by atoms with E-state index in [1.54, 1.807) is 6.92 Å². The van der Waals surface area contributed by atoms with E-state index in [4.69, 9.17) is 14.2 Å². The molecule has 1 aromatic rings. The molecule has 1 saturated heterocycles. The summed E-state index contributed by atoms with van der Waals surface area (Å²) in [6.07, 6.45) is 2.99. The van der Waals surface area contributed by atoms with Crippen molar-refractivity contribution in [2.45, 2.75) is 44.0 Å². The van der Waals surface area contributed by atoms with Gasteiger partial charge in [-0.25, -0.2) is 4.79 Å². The molecule has 0 aliphatic carbocycles. The Kier molecular flexibility index (Phi) is 6.95. The van der Waals surface area contributed by atoms with Crippen LogP contribution in [0.5, 0.6) is 11.5 Å². The number of amides is 1. The second-order valence-corrected chi connectivity index (χ2v) is 9.11. The molecule has 1 amide bonds. The highest BCUT2D eigenvalue weighted by atomic mass is 33.1. The molecule has 2 unspecified atom stereocenters. The highest BCUT2D eigenvalue weighted by Crippen LogP contribution is 2.41. The highest BCUT2D eigenvalue weighted by Gasteiger charge is 2.28. The molecular formula is C17H22N2O6S2. The number of alkyl carbamates (subject to hydrolysis) is 1. The fourth-order valence-corrected chi connectivity index (χ4v) is 5.98. The van der Waals surface area contributed by atoms with Gasteiger partial charge in [0.2, 0.25) is 6.79 Å². The van der Waals surface area contributed by atoms with Gasteiger partial charge in [0.1, 0.15) is 6.10 Å². The SMILES string of the molecule is CC(OC(=O)NCCCCC1CCSS1)c1cc2c(cc1[N+](=O)[O-])OCO2. The quantitative estimate of drug-likeness (QED) is 0.288. The van der Waals surface area contributed by atoms with Gasteiger partial charge >= 0.3 is 6.09 Å². The minimum absolute atomic E-state index is 0.0176. The minimum Gasteiger partial charge on any atom is -0.454 e. The third-order valence-corrected chi connectivity index (χ3v) is 7.40. The lowest BCUT2D eigenvalue weighted by molar-refractivity contribution is -0.386. The van der Waals surface area contributed by atoms with Gasteiger partial charge in [-0.15, -0.1) is 0 Å². The van der Waals surface area contributed by atoms with Gasteiger partial charge in [-0.1, -0.05) is 28.0 Å². The molecule has 10 heteroatoms. The highest BCUT2D eigenvalue weighted by molar-refractivity contribution is 8.77. The Hall–Kier alpha value is -1.81. The van der Waals surface area contributed by atoms with Crippen molar-refractivity contribution in [1.82, 2.24) is 5.32 Å². The summed E-state index contributed by atoms with van der Waals surface area (Å²) in [5.74, 6) is 1.96. The molecule has 2 heterocycles. The summed E-state index contributed by atoms with van der Waals surface area (Å²) in [5.41, 5.74) is 0.113. The van der Waals surface area contributed by atoms with Crippen LogP contribution in [0.1, 0.15) is 44.3 Å². The number of nitro benzene ring substituents is 1. The molecule has 148 valence electrons. The van der Waals surface area contributed by atoms with E-state index in [0.717, 1.165) is 24.5 Å². The van der Waals surface area contributed by atoms with Crippen LogP contribution >= 0.6 is 21.6 Å². The fraction of sp³-hybridized carbons (Fsp3) is 0.588. The maximum absolute atomic E-state index is 12.0. The van der Waals surface area contributed by atoms with Crippen molar-refractivity contribution in [2.75, 3.05) is 19.1 Å². The molecule has 1 aromatic carbocycles. The summed E-state index contributed by atoms with van der Waals surface area (Å²) in [7, 11) is 3.88. The Morgan fingerprint density at radius 2 is 2.19 bits per heavy atom. The second-order valence-electron chi connectivity index (χ2n) is 6.32. The second kappa shape index (κ2) is 9.41. The number of hydrogen-bond donors (Lipinski definition) is 1. The van der Waals surface area contributed by atoms with E-state index >= 15 is 0 Å². The molecule has 2 atom stereocenters. The third kappa shape index (κ3) is 5.35. The summed E-state index contributed by atoms with van der Waals surface area (Å²) in [5, 5.41) is 14.8. The van der Waals surface area contributed by atoms with Crippen molar-refractivity contribution in [3.63, 3.8) is 0 Å². The van der Waals surface area contributed by atoms with Crippen LogP contribution < -0.4 is 14.8 Å². The molecule has 1 fully saturated rings. The van der Waals surface area contributed by atoms with Crippen LogP contribution in [0.25, 0.3) is 0 Å². The van der Waals surface area contributed by atoms with E-state index in [9.17, 15) is 14.9 Å². The molecule has 0 aromatic heterocycles. The molecule has 3 rings (SSSR count). The first-order chi connectivity index (χ1) is 13.0. The first-order valence-corrected chi connectivity index (χ1v) is 11.2. The average Bonchev–Trinajstić information content (AvgIpc) is 3.31. The third-order valence-electron chi connectivity index (χ3n) is 4.39. The number of nitrogens with one attached hydrogen (secondary N) is 1. The first kappa shape index (κ1) is 19.9. The van der Waals surface area contributed by atoms with Crippen LogP contribution in [0.3, 0.4) is 0 Å². The van der Waals surface area contributed by atoms with E-state index in [1.807, 2.05) is 21.6 Å². The fourth-order valence-electron chi connectivity index (χ4n) is 2.95. The van der Waals surface area contributed by atoms with Gasteiger partial charge in [0.15, 0.2) is 11.5 Å². The Bertz CT molecular complexity index is 696. The van der Waals surface area contributed by atoms with E-state index < -0.39 is 17.1 Å². The molecular weight excluding hydrogens is 392 g/mol. The predicted octanol–water partition coefficient (Wildman–Crippen LogP) is 4.43. The average molecular weight is 415 g/mol. The number of rotatable bonds is 8. The lowest BCUT2D eigenvalue weighted by Crippen LogP contribution is -2.26. The van der Waals surface area contributed by atoms with Gasteiger partial charge in [0.05, 0.1) is 16.6 Å². The van der Waals surface area contributed by atoms with E-state index in [0.29, 0.717) is 18.0 Å². The Balaban J connectivity index is 1.47. The molecule has 27 heavy (non-hydrogen) atoms. The summed E-state index contributed by atoms with van der Waals surface area (Å²) in [6.45, 7) is 2.14. The number of ether oxygens (including phenoxy) is 3. The Morgan fingerprint density at radius 3 is 2.89 bits per heavy atom. The standard InChI is InChI=1S/C17H22N2O6S2/c1-11(13-8-15-16(24-10-23-15)9-14(13)19(21)22)25-17(20)18-6-3-2-4-12-5-7-26-27-12/h8-9,11-12H,2-7,10H2,1H3,(H,18,20). The number of carbonyl (C=O) groups excluding carboxylic acids is 1. The van der Waals surface area contributed by atoms with Crippen molar-refractivity contribution < 1.29 is 23.9 Å². The molecule has 0 radical (unpaired) electrons. The predicted molar refractivity (Wildman–Crippen MR) is 104 cm³/mol. The maximum atomic E-state index is 12.0. The van der Waals surface area contributed by atoms with Crippen LogP contribution in [0.4, 0.5) is 10.5 Å². The monoisotopic (exact) mass is 414 g/mol. The van der Waals surface area contributed by atoms with Crippen LogP contribution in [0, 0.1) is 10.1 Å². The van der Waals surface area contributed by atoms with Crippen LogP contribution in [-0.2, 0) is 4.74 Å². The maximum Gasteiger partial charge on any atom is 0.407 e. The van der Waals surface area contributed by atoms with Gasteiger partial charge < -0.3 is 19.5 Å². The number of nitrogens with zero attached hydrogens (tertiary/aromatic N) is 1. The van der Waals surface area contributed by atoms with E-state index in [-0.39, 0.29) is 18.0 Å². The van der Waals surface area contributed by atoms with Gasteiger partial charge in [-0.05, 0) is 32.3 Å². The smallest absolute Gasteiger partial charge is 0.407 e. The summed E-state index contributed by atoms with van der Waals surface area (Å²) >= 11 is 0. The zero-order valence-corrected chi connectivity index (χ0v) is 16.6. The van der Waals surface area contributed by atoms with Crippen LogP contribution in [0.2, 0.25) is 0 Å². The minimum atomic E-state index is -0.785. The van der Waals surface area contributed by atoms with Gasteiger partial charge in [-0.2, -0.15) is 0 Å². The van der Waals surface area contributed by atoms with Crippen molar-refractivity contribution >= 4 is 33.4 Å². The molecule has 8 nitrogen and oxygen atoms in total. The van der Waals surface area contributed by atoms with Crippen molar-refractivity contribution in [3.8, 4) is 11.5 Å². The first-order valence-electron chi connectivity index (χ1n) is 8.85. The van der Waals surface area contributed by atoms with E-state index in [1.165, 1.54) is 24.3 Å².